The summed E-state index contributed by atoms with van der Waals surface area (Å²) in [5.74, 6) is 0. The highest BCUT2D eigenvalue weighted by Gasteiger charge is 2.06. The Kier molecular flexibility index (Phi) is 2.53. The number of pyridine rings is 1. The average molecular weight is 181 g/mol. The van der Waals surface area contributed by atoms with Crippen molar-refractivity contribution in [2.45, 2.75) is 6.92 Å². The zero-order valence-electron chi connectivity index (χ0n) is 6.84. The molecule has 0 saturated carbocycles. The van der Waals surface area contributed by atoms with Gasteiger partial charge in [0.15, 0.2) is 0 Å². The van der Waals surface area contributed by atoms with Gasteiger partial charge in [-0.2, -0.15) is 0 Å². The summed E-state index contributed by atoms with van der Waals surface area (Å²) in [5.41, 5.74) is 0.637. The fourth-order valence-electron chi connectivity index (χ4n) is 0.759. The van der Waals surface area contributed by atoms with E-state index in [0.29, 0.717) is 11.4 Å². The molecular weight excluding hydrogens is 174 g/mol. The lowest BCUT2D eigenvalue weighted by Gasteiger charge is -1.95. The van der Waals surface area contributed by atoms with E-state index in [0.717, 1.165) is 6.20 Å². The Labute approximate surface area is 73.7 Å². The summed E-state index contributed by atoms with van der Waals surface area (Å²) in [6.45, 7) is 1.55. The molecule has 1 aromatic rings. The second-order valence-corrected chi connectivity index (χ2v) is 2.34. The van der Waals surface area contributed by atoms with Crippen LogP contribution in [0.4, 0.5) is 5.69 Å². The second-order valence-electron chi connectivity index (χ2n) is 2.34. The van der Waals surface area contributed by atoms with E-state index in [1.807, 2.05) is 0 Å². The van der Waals surface area contributed by atoms with E-state index in [9.17, 15) is 10.1 Å². The lowest BCUT2D eigenvalue weighted by Crippen LogP contribution is -1.98. The van der Waals surface area contributed by atoms with Crippen molar-refractivity contribution in [1.29, 1.82) is 0 Å². The molecule has 1 heterocycles. The van der Waals surface area contributed by atoms with E-state index in [1.165, 1.54) is 12.1 Å². The second kappa shape index (κ2) is 3.61. The van der Waals surface area contributed by atoms with Gasteiger partial charge in [-0.3, -0.25) is 10.1 Å². The highest BCUT2D eigenvalue weighted by Crippen LogP contribution is 2.08. The van der Waals surface area contributed by atoms with E-state index in [1.54, 1.807) is 6.92 Å². The molecule has 6 nitrogen and oxygen atoms in total. The molecule has 1 aromatic heterocycles. The number of nitrogens with zero attached hydrogens (tertiary/aromatic N) is 3. The highest BCUT2D eigenvalue weighted by atomic mass is 16.6. The minimum atomic E-state index is -0.539. The molecule has 68 valence electrons. The molecule has 0 spiro atoms. The number of hydrogen-bond acceptors (Lipinski definition) is 5. The van der Waals surface area contributed by atoms with Crippen molar-refractivity contribution in [3.05, 3.63) is 34.1 Å². The lowest BCUT2D eigenvalue weighted by atomic mass is 10.2. The Bertz CT molecular complexity index is 345. The normalized spacial score (nSPS) is 11.3. The minimum Gasteiger partial charge on any atom is -0.411 e. The largest absolute Gasteiger partial charge is 0.411 e. The Morgan fingerprint density at radius 3 is 2.77 bits per heavy atom. The van der Waals surface area contributed by atoms with Gasteiger partial charge in [-0.1, -0.05) is 5.16 Å². The Morgan fingerprint density at radius 1 is 1.69 bits per heavy atom. The standard InChI is InChI=1S/C7H7N3O3/c1-5(9-11)7-3-2-6(4-8-7)10(12)13/h2-4,11H,1H3. The molecule has 0 aliphatic rings. The molecule has 0 saturated heterocycles. The molecule has 0 bridgehead atoms. The Hall–Kier alpha value is -1.98. The van der Waals surface area contributed by atoms with Gasteiger partial charge in [-0.05, 0) is 13.0 Å². The van der Waals surface area contributed by atoms with Crippen LogP contribution in [-0.2, 0) is 0 Å². The summed E-state index contributed by atoms with van der Waals surface area (Å²) in [7, 11) is 0. The van der Waals surface area contributed by atoms with Gasteiger partial charge in [0.2, 0.25) is 0 Å². The summed E-state index contributed by atoms with van der Waals surface area (Å²) in [4.78, 5) is 13.4. The van der Waals surface area contributed by atoms with E-state index in [2.05, 4.69) is 10.1 Å². The van der Waals surface area contributed by atoms with Crippen LogP contribution in [0.2, 0.25) is 0 Å². The third-order valence-electron chi connectivity index (χ3n) is 1.48. The van der Waals surface area contributed by atoms with Crippen molar-refractivity contribution < 1.29 is 10.1 Å². The van der Waals surface area contributed by atoms with Gasteiger partial charge in [-0.15, -0.1) is 0 Å². The van der Waals surface area contributed by atoms with E-state index < -0.39 is 4.92 Å². The molecule has 13 heavy (non-hydrogen) atoms. The molecule has 1 N–H and O–H groups in total. The van der Waals surface area contributed by atoms with Gasteiger partial charge in [0, 0.05) is 6.07 Å². The number of hydrogen-bond donors (Lipinski definition) is 1. The molecule has 0 aromatic carbocycles. The molecule has 0 unspecified atom stereocenters. The average Bonchev–Trinajstić information content (AvgIpc) is 2.17. The van der Waals surface area contributed by atoms with Crippen molar-refractivity contribution in [2.75, 3.05) is 0 Å². The van der Waals surface area contributed by atoms with Crippen LogP contribution in [-0.4, -0.2) is 20.8 Å². The molecule has 0 amide bonds. The summed E-state index contributed by atoms with van der Waals surface area (Å²) >= 11 is 0. The summed E-state index contributed by atoms with van der Waals surface area (Å²) < 4.78 is 0. The molecular formula is C7H7N3O3. The predicted molar refractivity (Wildman–Crippen MR) is 44.9 cm³/mol. The predicted octanol–water partition coefficient (Wildman–Crippen LogP) is 1.19. The zero-order valence-corrected chi connectivity index (χ0v) is 6.84. The van der Waals surface area contributed by atoms with Gasteiger partial charge in [0.1, 0.15) is 11.9 Å². The number of rotatable bonds is 2. The van der Waals surface area contributed by atoms with Gasteiger partial charge in [0.05, 0.1) is 10.6 Å². The first-order valence-electron chi connectivity index (χ1n) is 3.44. The maximum atomic E-state index is 10.2. The van der Waals surface area contributed by atoms with Crippen molar-refractivity contribution in [1.82, 2.24) is 4.98 Å². The minimum absolute atomic E-state index is 0.0884. The first kappa shape index (κ1) is 9.11. The van der Waals surface area contributed by atoms with Crippen molar-refractivity contribution in [3.63, 3.8) is 0 Å². The number of oxime groups is 1. The van der Waals surface area contributed by atoms with E-state index >= 15 is 0 Å². The topological polar surface area (TPSA) is 88.6 Å². The quantitative estimate of drug-likeness (QED) is 0.321. The highest BCUT2D eigenvalue weighted by molar-refractivity contribution is 5.96. The fourth-order valence-corrected chi connectivity index (χ4v) is 0.759. The van der Waals surface area contributed by atoms with Crippen LogP contribution >= 0.6 is 0 Å². The summed E-state index contributed by atoms with van der Waals surface area (Å²) in [6.07, 6.45) is 1.12. The van der Waals surface area contributed by atoms with E-state index in [4.69, 9.17) is 5.21 Å². The van der Waals surface area contributed by atoms with Crippen LogP contribution in [0.15, 0.2) is 23.5 Å². The number of nitro groups is 1. The lowest BCUT2D eigenvalue weighted by molar-refractivity contribution is -0.385. The van der Waals surface area contributed by atoms with Gasteiger partial charge < -0.3 is 5.21 Å². The first-order valence-corrected chi connectivity index (χ1v) is 3.44. The molecule has 0 radical (unpaired) electrons. The Morgan fingerprint density at radius 2 is 2.38 bits per heavy atom. The van der Waals surface area contributed by atoms with Crippen LogP contribution in [0.3, 0.4) is 0 Å². The van der Waals surface area contributed by atoms with Crippen molar-refractivity contribution in [2.24, 2.45) is 5.16 Å². The monoisotopic (exact) mass is 181 g/mol. The molecule has 0 aliphatic carbocycles. The van der Waals surface area contributed by atoms with Crippen molar-refractivity contribution >= 4 is 11.4 Å². The summed E-state index contributed by atoms with van der Waals surface area (Å²) in [5, 5.41) is 21.5. The molecule has 1 rings (SSSR count). The molecule has 0 fully saturated rings. The van der Waals surface area contributed by atoms with Crippen LogP contribution in [0.1, 0.15) is 12.6 Å². The number of aromatic nitrogens is 1. The zero-order chi connectivity index (χ0) is 9.84. The SMILES string of the molecule is CC(=NO)c1ccc([N+](=O)[O-])cn1. The molecule has 0 atom stereocenters. The first-order chi connectivity index (χ1) is 6.15. The fraction of sp³-hybridized carbons (Fsp3) is 0.143. The molecule has 0 aliphatic heterocycles. The van der Waals surface area contributed by atoms with Gasteiger partial charge in [-0.25, -0.2) is 4.98 Å². The van der Waals surface area contributed by atoms with Gasteiger partial charge >= 0.3 is 0 Å². The Balaban J connectivity index is 3.00. The third kappa shape index (κ3) is 1.98. The van der Waals surface area contributed by atoms with Crippen molar-refractivity contribution in [3.8, 4) is 0 Å². The van der Waals surface area contributed by atoms with Crippen LogP contribution in [0.5, 0.6) is 0 Å². The molecule has 6 heteroatoms. The van der Waals surface area contributed by atoms with Crippen LogP contribution in [0, 0.1) is 10.1 Å². The summed E-state index contributed by atoms with van der Waals surface area (Å²) in [6, 6.07) is 2.73. The maximum absolute atomic E-state index is 10.2. The van der Waals surface area contributed by atoms with Gasteiger partial charge in [0.25, 0.3) is 5.69 Å². The van der Waals surface area contributed by atoms with E-state index in [-0.39, 0.29) is 5.69 Å². The van der Waals surface area contributed by atoms with Crippen LogP contribution in [0.25, 0.3) is 0 Å². The van der Waals surface area contributed by atoms with Crippen LogP contribution < -0.4 is 0 Å². The smallest absolute Gasteiger partial charge is 0.287 e. The third-order valence-corrected chi connectivity index (χ3v) is 1.48. The maximum Gasteiger partial charge on any atom is 0.287 e.